The zero-order valence-corrected chi connectivity index (χ0v) is 24.9. The molecule has 0 aromatic heterocycles. The lowest BCUT2D eigenvalue weighted by atomic mass is 10.0. The largest absolute Gasteiger partial charge is 0.490 e. The van der Waals surface area contributed by atoms with Crippen LogP contribution >= 0.6 is 23.2 Å². The van der Waals surface area contributed by atoms with Crippen molar-refractivity contribution >= 4 is 23.2 Å². The fourth-order valence-electron chi connectivity index (χ4n) is 5.43. The van der Waals surface area contributed by atoms with Gasteiger partial charge in [-0.25, -0.2) is 0 Å². The van der Waals surface area contributed by atoms with E-state index in [9.17, 15) is 0 Å². The van der Waals surface area contributed by atoms with E-state index in [0.29, 0.717) is 21.2 Å². The maximum absolute atomic E-state index is 9.02. The first-order valence-electron chi connectivity index (χ1n) is 14.2. The van der Waals surface area contributed by atoms with Crippen molar-refractivity contribution in [2.75, 3.05) is 32.7 Å². The van der Waals surface area contributed by atoms with Crippen molar-refractivity contribution in [1.29, 1.82) is 10.5 Å². The first-order valence-corrected chi connectivity index (χ1v) is 14.9. The summed E-state index contributed by atoms with van der Waals surface area (Å²) in [7, 11) is 0. The number of allylic oxidation sites excluding steroid dienone is 2. The van der Waals surface area contributed by atoms with Crippen LogP contribution < -0.4 is 14.8 Å². The second kappa shape index (κ2) is 14.8. The van der Waals surface area contributed by atoms with E-state index in [1.807, 2.05) is 26.0 Å². The number of hydrogen-bond donors (Lipinski definition) is 1. The second-order valence-electron chi connectivity index (χ2n) is 10.8. The molecule has 2 aliphatic heterocycles. The molecule has 0 spiro atoms. The van der Waals surface area contributed by atoms with Gasteiger partial charge in [0.1, 0.15) is 35.8 Å². The molecular formula is C32H38Cl2N4O2. The van der Waals surface area contributed by atoms with Crippen LogP contribution in [0.5, 0.6) is 11.5 Å². The molecule has 1 N–H and O–H groups in total. The summed E-state index contributed by atoms with van der Waals surface area (Å²) >= 11 is 12.3. The number of rotatable bonds is 6. The van der Waals surface area contributed by atoms with E-state index in [1.165, 1.54) is 19.4 Å². The summed E-state index contributed by atoms with van der Waals surface area (Å²) in [5, 5.41) is 22.2. The average Bonchev–Trinajstić information content (AvgIpc) is 3.49. The van der Waals surface area contributed by atoms with Crippen molar-refractivity contribution in [3.05, 3.63) is 68.7 Å². The number of halogens is 2. The molecule has 2 aromatic carbocycles. The number of nitrogens with one attached hydrogen (secondary N) is 1. The van der Waals surface area contributed by atoms with Crippen molar-refractivity contribution in [2.45, 2.75) is 64.6 Å². The first-order chi connectivity index (χ1) is 19.4. The molecule has 0 unspecified atom stereocenters. The van der Waals surface area contributed by atoms with Gasteiger partial charge in [0, 0.05) is 30.8 Å². The molecule has 0 radical (unpaired) electrons. The third-order valence-electron chi connectivity index (χ3n) is 7.94. The zero-order chi connectivity index (χ0) is 28.5. The minimum absolute atomic E-state index is 0.246. The highest BCUT2D eigenvalue weighted by Crippen LogP contribution is 2.32. The topological polar surface area (TPSA) is 81.3 Å². The Morgan fingerprint density at radius 1 is 0.800 bits per heavy atom. The quantitative estimate of drug-likeness (QED) is 0.371. The van der Waals surface area contributed by atoms with Crippen LogP contribution in [0.15, 0.2) is 36.4 Å². The highest BCUT2D eigenvalue weighted by molar-refractivity contribution is 6.33. The number of likely N-dealkylation sites (tertiary alicyclic amines) is 1. The van der Waals surface area contributed by atoms with Crippen LogP contribution in [0.2, 0.25) is 10.0 Å². The zero-order valence-electron chi connectivity index (χ0n) is 23.4. The van der Waals surface area contributed by atoms with Crippen molar-refractivity contribution in [2.24, 2.45) is 5.92 Å². The first kappa shape index (κ1) is 30.2. The van der Waals surface area contributed by atoms with Crippen molar-refractivity contribution in [3.8, 4) is 23.6 Å². The van der Waals surface area contributed by atoms with E-state index < -0.39 is 0 Å². The molecule has 212 valence electrons. The molecule has 6 nitrogen and oxygen atoms in total. The van der Waals surface area contributed by atoms with Crippen LogP contribution in [-0.2, 0) is 0 Å². The van der Waals surface area contributed by atoms with Crippen LogP contribution in [0.3, 0.4) is 0 Å². The van der Waals surface area contributed by atoms with E-state index >= 15 is 0 Å². The second-order valence-corrected chi connectivity index (χ2v) is 11.6. The summed E-state index contributed by atoms with van der Waals surface area (Å²) in [6, 6.07) is 11.3. The van der Waals surface area contributed by atoms with Crippen molar-refractivity contribution < 1.29 is 9.47 Å². The Kier molecular flexibility index (Phi) is 11.2. The molecule has 5 rings (SSSR count). The lowest BCUT2D eigenvalue weighted by Gasteiger charge is -2.34. The van der Waals surface area contributed by atoms with Crippen molar-refractivity contribution in [1.82, 2.24) is 10.2 Å². The number of nitriles is 2. The average molecular weight is 582 g/mol. The molecular weight excluding hydrogens is 543 g/mol. The molecule has 2 heterocycles. The van der Waals surface area contributed by atoms with Crippen LogP contribution in [0.1, 0.15) is 60.8 Å². The fourth-order valence-corrected chi connectivity index (χ4v) is 5.83. The van der Waals surface area contributed by atoms with Gasteiger partial charge in [0.05, 0.1) is 21.2 Å². The Morgan fingerprint density at radius 2 is 1.27 bits per heavy atom. The van der Waals surface area contributed by atoms with E-state index in [0.717, 1.165) is 80.4 Å². The minimum Gasteiger partial charge on any atom is -0.490 e. The van der Waals surface area contributed by atoms with Gasteiger partial charge in [-0.2, -0.15) is 10.5 Å². The molecule has 0 atom stereocenters. The highest BCUT2D eigenvalue weighted by Gasteiger charge is 2.24. The molecule has 2 fully saturated rings. The molecule has 2 aromatic rings. The molecule has 2 saturated heterocycles. The molecule has 8 heteroatoms. The Hall–Kier alpha value is -2.74. The highest BCUT2D eigenvalue weighted by atomic mass is 35.5. The predicted molar refractivity (Wildman–Crippen MR) is 160 cm³/mol. The molecule has 1 aliphatic carbocycles. The standard InChI is InChI=1S/C19H23ClN2O.C13H15ClN2O/c1-14-18(7-6-16(12-21)19(14)20)23-17-8-10-22(11-9-17)13-15-4-2-3-5-15;1-9-12(3-2-10(8-15)13(9)14)17-11-4-6-16-7-5-11/h2-3,6-7,15,17H,4-5,8-11,13H2,1H3;2-3,11,16H,4-7H2,1H3. The summed E-state index contributed by atoms with van der Waals surface area (Å²) in [6.45, 7) is 9.21. The number of nitrogens with zero attached hydrogens (tertiary/aromatic N) is 3. The Bertz CT molecular complexity index is 1260. The fraction of sp³-hybridized carbons (Fsp3) is 0.500. The summed E-state index contributed by atoms with van der Waals surface area (Å²) in [5.41, 5.74) is 2.73. The van der Waals surface area contributed by atoms with Gasteiger partial charge in [-0.15, -0.1) is 0 Å². The van der Waals surface area contributed by atoms with Crippen LogP contribution in [0, 0.1) is 42.4 Å². The van der Waals surface area contributed by atoms with Gasteiger partial charge in [0.25, 0.3) is 0 Å². The van der Waals surface area contributed by atoms with E-state index in [1.54, 1.807) is 12.1 Å². The lowest BCUT2D eigenvalue weighted by Crippen LogP contribution is -2.40. The van der Waals surface area contributed by atoms with Gasteiger partial charge >= 0.3 is 0 Å². The number of benzene rings is 2. The number of ether oxygens (including phenoxy) is 2. The molecule has 0 saturated carbocycles. The Balaban J connectivity index is 0.000000194. The van der Waals surface area contributed by atoms with Gasteiger partial charge in [-0.1, -0.05) is 35.4 Å². The molecule has 3 aliphatic rings. The summed E-state index contributed by atoms with van der Waals surface area (Å²) in [4.78, 5) is 2.57. The maximum Gasteiger partial charge on any atom is 0.124 e. The summed E-state index contributed by atoms with van der Waals surface area (Å²) in [5.74, 6) is 2.42. The Morgan fingerprint density at radius 3 is 1.75 bits per heavy atom. The summed E-state index contributed by atoms with van der Waals surface area (Å²) < 4.78 is 12.1. The van der Waals surface area contributed by atoms with Gasteiger partial charge in [-0.05, 0) is 95.6 Å². The van der Waals surface area contributed by atoms with Gasteiger partial charge in [-0.3, -0.25) is 0 Å². The van der Waals surface area contributed by atoms with Crippen LogP contribution in [0.4, 0.5) is 0 Å². The van der Waals surface area contributed by atoms with E-state index in [4.69, 9.17) is 43.2 Å². The third kappa shape index (κ3) is 7.93. The predicted octanol–water partition coefficient (Wildman–Crippen LogP) is 6.98. The minimum atomic E-state index is 0.246. The van der Waals surface area contributed by atoms with Gasteiger partial charge < -0.3 is 19.7 Å². The third-order valence-corrected chi connectivity index (χ3v) is 8.92. The van der Waals surface area contributed by atoms with E-state index in [-0.39, 0.29) is 12.2 Å². The molecule has 0 bridgehead atoms. The SMILES string of the molecule is Cc1c(OC2CCN(CC3CC=CC3)CC2)ccc(C#N)c1Cl.Cc1c(OC2CCNCC2)ccc(C#N)c1Cl. The van der Waals surface area contributed by atoms with Crippen LogP contribution in [0.25, 0.3) is 0 Å². The molecule has 40 heavy (non-hydrogen) atoms. The Labute approximate surface area is 248 Å². The molecule has 0 amide bonds. The van der Waals surface area contributed by atoms with E-state index in [2.05, 4.69) is 34.5 Å². The van der Waals surface area contributed by atoms with Crippen LogP contribution in [-0.4, -0.2) is 49.8 Å². The van der Waals surface area contributed by atoms with Gasteiger partial charge in [0.15, 0.2) is 0 Å². The van der Waals surface area contributed by atoms with Crippen molar-refractivity contribution in [3.63, 3.8) is 0 Å². The van der Waals surface area contributed by atoms with Gasteiger partial charge in [0.2, 0.25) is 0 Å². The monoisotopic (exact) mass is 580 g/mol. The smallest absolute Gasteiger partial charge is 0.124 e. The number of hydrogen-bond acceptors (Lipinski definition) is 6. The lowest BCUT2D eigenvalue weighted by molar-refractivity contribution is 0.0917. The summed E-state index contributed by atoms with van der Waals surface area (Å²) in [6.07, 6.45) is 11.7. The number of piperidine rings is 2. The normalized spacial score (nSPS) is 18.4. The maximum atomic E-state index is 9.02.